The minimum Gasteiger partial charge on any atom is -0.507 e. The van der Waals surface area contributed by atoms with E-state index in [2.05, 4.69) is 14.7 Å². The van der Waals surface area contributed by atoms with Gasteiger partial charge in [0.1, 0.15) is 22.6 Å². The quantitative estimate of drug-likeness (QED) is 0.476. The van der Waals surface area contributed by atoms with Crippen LogP contribution in [0.2, 0.25) is 0 Å². The van der Waals surface area contributed by atoms with Gasteiger partial charge in [-0.3, -0.25) is 14.6 Å². The van der Waals surface area contributed by atoms with Crippen LogP contribution in [0.25, 0.3) is 0 Å². The van der Waals surface area contributed by atoms with Crippen molar-refractivity contribution in [1.29, 1.82) is 0 Å². The van der Waals surface area contributed by atoms with E-state index in [1.807, 2.05) is 0 Å². The first-order valence-electron chi connectivity index (χ1n) is 7.38. The second kappa shape index (κ2) is 7.09. The molecule has 0 aliphatic rings. The van der Waals surface area contributed by atoms with Crippen molar-refractivity contribution >= 4 is 23.1 Å². The summed E-state index contributed by atoms with van der Waals surface area (Å²) in [7, 11) is 1.39. The van der Waals surface area contributed by atoms with Crippen LogP contribution in [0, 0.1) is 0 Å². The zero-order valence-corrected chi connectivity index (χ0v) is 14.2. The molecule has 4 N–H and O–H groups in total. The van der Waals surface area contributed by atoms with Crippen molar-refractivity contribution in [2.75, 3.05) is 7.05 Å². The van der Waals surface area contributed by atoms with Gasteiger partial charge in [0, 0.05) is 7.05 Å². The Bertz CT molecular complexity index is 989. The summed E-state index contributed by atoms with van der Waals surface area (Å²) in [4.78, 5) is 39.3. The number of rotatable bonds is 4. The van der Waals surface area contributed by atoms with E-state index in [0.29, 0.717) is 0 Å². The summed E-state index contributed by atoms with van der Waals surface area (Å²) >= 11 is 0. The lowest BCUT2D eigenvalue weighted by Gasteiger charge is -2.08. The van der Waals surface area contributed by atoms with Gasteiger partial charge < -0.3 is 25.1 Å². The van der Waals surface area contributed by atoms with Gasteiger partial charge in [-0.1, -0.05) is 0 Å². The van der Waals surface area contributed by atoms with Crippen molar-refractivity contribution < 1.29 is 29.3 Å². The number of hydrogen-bond donors (Lipinski definition) is 4. The van der Waals surface area contributed by atoms with Crippen LogP contribution in [0.5, 0.6) is 17.4 Å². The Kier molecular flexibility index (Phi) is 5.11. The number of Topliss-reactive ketones (excluding diaryl/α,β-unsaturated/α-hetero) is 1. The van der Waals surface area contributed by atoms with Gasteiger partial charge in [0.05, 0.1) is 17.0 Å². The van der Waals surface area contributed by atoms with Crippen molar-refractivity contribution in [2.45, 2.75) is 13.8 Å². The summed E-state index contributed by atoms with van der Waals surface area (Å²) in [5, 5.41) is 31.8. The molecule has 9 heteroatoms. The maximum Gasteiger partial charge on any atom is 0.351 e. The molecule has 136 valence electrons. The molecule has 0 saturated carbocycles. The molecular formula is C17H16N2O7. The fraction of sp³-hybridized carbons (Fsp3) is 0.176. The summed E-state index contributed by atoms with van der Waals surface area (Å²) in [6.45, 7) is 2.46. The molecule has 1 amide bonds. The number of phenolic OH excluding ortho intramolecular Hbond substituents is 1. The van der Waals surface area contributed by atoms with E-state index in [4.69, 9.17) is 0 Å². The van der Waals surface area contributed by atoms with Crippen LogP contribution in [0.15, 0.2) is 32.4 Å². The van der Waals surface area contributed by atoms with Crippen molar-refractivity contribution in [3.63, 3.8) is 0 Å². The summed E-state index contributed by atoms with van der Waals surface area (Å²) in [5.41, 5.74) is -1.87. The number of hydrogen-bond acceptors (Lipinski definition) is 8. The van der Waals surface area contributed by atoms with Gasteiger partial charge in [0.25, 0.3) is 11.9 Å². The van der Waals surface area contributed by atoms with Crippen LogP contribution in [0.4, 0.5) is 5.69 Å². The van der Waals surface area contributed by atoms with Crippen molar-refractivity contribution in [3.8, 4) is 17.4 Å². The number of phenols is 1. The lowest BCUT2D eigenvalue weighted by atomic mass is 10.1. The van der Waals surface area contributed by atoms with Gasteiger partial charge in [-0.2, -0.15) is 0 Å². The second-order valence-corrected chi connectivity index (χ2v) is 5.33. The van der Waals surface area contributed by atoms with Crippen molar-refractivity contribution in [1.82, 2.24) is 5.32 Å². The Morgan fingerprint density at radius 2 is 1.77 bits per heavy atom. The molecule has 26 heavy (non-hydrogen) atoms. The Labute approximate surface area is 147 Å². The number of amides is 1. The third-order valence-electron chi connectivity index (χ3n) is 3.54. The molecule has 2 aromatic rings. The van der Waals surface area contributed by atoms with E-state index >= 15 is 0 Å². The zero-order valence-electron chi connectivity index (χ0n) is 14.2. The van der Waals surface area contributed by atoms with Crippen LogP contribution in [0.3, 0.4) is 0 Å². The predicted octanol–water partition coefficient (Wildman–Crippen LogP) is 1.46. The minimum atomic E-state index is -1.09. The molecule has 0 aliphatic carbocycles. The number of nitrogens with zero attached hydrogens (tertiary/aromatic N) is 1. The highest BCUT2D eigenvalue weighted by molar-refractivity contribution is 6.07. The number of aliphatic imine (C=N–C) groups is 1. The molecule has 0 saturated heterocycles. The first-order chi connectivity index (χ1) is 12.2. The van der Waals surface area contributed by atoms with Gasteiger partial charge in [-0.15, -0.1) is 0 Å². The molecule has 0 fully saturated rings. The summed E-state index contributed by atoms with van der Waals surface area (Å²) in [5.74, 6) is -3.24. The number of carbonyl (C=O) groups is 2. The highest BCUT2D eigenvalue weighted by atomic mass is 16.5. The molecule has 0 aliphatic heterocycles. The maximum absolute atomic E-state index is 12.0. The fourth-order valence-corrected chi connectivity index (χ4v) is 2.31. The van der Waals surface area contributed by atoms with Gasteiger partial charge in [0.2, 0.25) is 0 Å². The minimum absolute atomic E-state index is 0.0210. The van der Waals surface area contributed by atoms with E-state index in [9.17, 15) is 29.7 Å². The maximum atomic E-state index is 12.0. The Balaban J connectivity index is 2.62. The van der Waals surface area contributed by atoms with Gasteiger partial charge >= 0.3 is 5.63 Å². The lowest BCUT2D eigenvalue weighted by molar-refractivity contribution is 0.0958. The summed E-state index contributed by atoms with van der Waals surface area (Å²) in [6, 6.07) is 3.91. The summed E-state index contributed by atoms with van der Waals surface area (Å²) in [6.07, 6.45) is 0. The monoisotopic (exact) mass is 360 g/mol. The number of benzene rings is 1. The third kappa shape index (κ3) is 3.41. The Morgan fingerprint density at radius 1 is 1.12 bits per heavy atom. The van der Waals surface area contributed by atoms with Crippen LogP contribution in [-0.4, -0.2) is 39.8 Å². The molecule has 2 rings (SSSR count). The van der Waals surface area contributed by atoms with Crippen LogP contribution >= 0.6 is 0 Å². The normalized spacial score (nSPS) is 11.3. The van der Waals surface area contributed by atoms with E-state index < -0.39 is 40.1 Å². The van der Waals surface area contributed by atoms with Gasteiger partial charge in [-0.25, -0.2) is 4.79 Å². The standard InChI is InChI=1S/C17H16N2O7/c1-7(12-14(22)13(8(2)20)17(25)26-16(12)24)19-9-4-5-11(21)10(6-9)15(23)18-3/h4-6,21-22,25H,1-3H3,(H,18,23). The van der Waals surface area contributed by atoms with E-state index in [-0.39, 0.29) is 22.7 Å². The predicted molar refractivity (Wildman–Crippen MR) is 91.7 cm³/mol. The third-order valence-corrected chi connectivity index (χ3v) is 3.54. The molecular weight excluding hydrogens is 344 g/mol. The molecule has 0 atom stereocenters. The molecule has 9 nitrogen and oxygen atoms in total. The number of carbonyl (C=O) groups excluding carboxylic acids is 2. The first-order valence-corrected chi connectivity index (χ1v) is 7.38. The van der Waals surface area contributed by atoms with Crippen molar-refractivity contribution in [3.05, 3.63) is 45.3 Å². The average molecular weight is 360 g/mol. The molecule has 0 radical (unpaired) electrons. The zero-order chi connectivity index (χ0) is 19.6. The Morgan fingerprint density at radius 3 is 2.35 bits per heavy atom. The second-order valence-electron chi connectivity index (χ2n) is 5.33. The fourth-order valence-electron chi connectivity index (χ4n) is 2.31. The largest absolute Gasteiger partial charge is 0.507 e. The lowest BCUT2D eigenvalue weighted by Crippen LogP contribution is -2.17. The molecule has 0 unspecified atom stereocenters. The topological polar surface area (TPSA) is 149 Å². The van der Waals surface area contributed by atoms with Crippen LogP contribution in [0.1, 0.15) is 40.1 Å². The molecule has 1 aromatic carbocycles. The molecule has 0 bridgehead atoms. The number of nitrogens with one attached hydrogen (secondary N) is 1. The van der Waals surface area contributed by atoms with Gasteiger partial charge in [-0.05, 0) is 32.0 Å². The summed E-state index contributed by atoms with van der Waals surface area (Å²) < 4.78 is 4.57. The molecule has 1 aromatic heterocycles. The SMILES string of the molecule is CNC(=O)c1cc(N=C(C)c2c(O)c(C(C)=O)c(O)oc2=O)ccc1O. The van der Waals surface area contributed by atoms with Crippen LogP contribution < -0.4 is 10.9 Å². The first kappa shape index (κ1) is 18.7. The average Bonchev–Trinajstić information content (AvgIpc) is 2.54. The highest BCUT2D eigenvalue weighted by Gasteiger charge is 2.24. The van der Waals surface area contributed by atoms with Crippen molar-refractivity contribution in [2.24, 2.45) is 4.99 Å². The highest BCUT2D eigenvalue weighted by Crippen LogP contribution is 2.30. The van der Waals surface area contributed by atoms with E-state index in [0.717, 1.165) is 6.92 Å². The number of ketones is 1. The van der Waals surface area contributed by atoms with E-state index in [1.165, 1.54) is 32.2 Å². The molecule has 1 heterocycles. The smallest absolute Gasteiger partial charge is 0.351 e. The Hall–Kier alpha value is -3.62. The molecule has 0 spiro atoms. The number of aromatic hydroxyl groups is 3. The van der Waals surface area contributed by atoms with Crippen LogP contribution in [-0.2, 0) is 0 Å². The van der Waals surface area contributed by atoms with E-state index in [1.54, 1.807) is 0 Å². The van der Waals surface area contributed by atoms with Gasteiger partial charge in [0.15, 0.2) is 5.78 Å².